The van der Waals surface area contributed by atoms with Crippen molar-refractivity contribution in [1.82, 2.24) is 4.90 Å². The number of hydrogen-bond acceptors (Lipinski definition) is 2. The Hall–Kier alpha value is -0.370. The summed E-state index contributed by atoms with van der Waals surface area (Å²) in [7, 11) is 0. The number of nitrogens with zero attached hydrogens (tertiary/aromatic N) is 1. The lowest BCUT2D eigenvalue weighted by Crippen LogP contribution is -2.32. The lowest BCUT2D eigenvalue weighted by atomic mass is 9.81. The number of likely N-dealkylation sites (tertiary alicyclic amines) is 1. The summed E-state index contributed by atoms with van der Waals surface area (Å²) >= 11 is 0. The molecule has 0 aromatic carbocycles. The molecule has 0 aromatic rings. The van der Waals surface area contributed by atoms with Crippen LogP contribution in [0.2, 0.25) is 0 Å². The van der Waals surface area contributed by atoms with Crippen molar-refractivity contribution in [2.45, 2.75) is 45.4 Å². The van der Waals surface area contributed by atoms with Crippen molar-refractivity contribution in [3.05, 3.63) is 0 Å². The molecule has 0 bridgehead atoms. The van der Waals surface area contributed by atoms with Gasteiger partial charge in [-0.05, 0) is 44.7 Å². The average Bonchev–Trinajstić information content (AvgIpc) is 2.71. The zero-order valence-electron chi connectivity index (χ0n) is 9.87. The third-order valence-electron chi connectivity index (χ3n) is 4.05. The molecule has 1 heterocycles. The van der Waals surface area contributed by atoms with Gasteiger partial charge in [-0.3, -0.25) is 9.69 Å². The van der Waals surface area contributed by atoms with Crippen LogP contribution in [0.15, 0.2) is 0 Å². The molecular formula is C13H23NO. The number of rotatable bonds is 3. The smallest absolute Gasteiger partial charge is 0.149 e. The first-order valence-electron chi connectivity index (χ1n) is 6.51. The first kappa shape index (κ1) is 11.1. The van der Waals surface area contributed by atoms with Gasteiger partial charge in [-0.15, -0.1) is 0 Å². The maximum atomic E-state index is 12.0. The predicted molar refractivity (Wildman–Crippen MR) is 61.8 cm³/mol. The van der Waals surface area contributed by atoms with Crippen molar-refractivity contribution >= 4 is 5.78 Å². The van der Waals surface area contributed by atoms with Gasteiger partial charge >= 0.3 is 0 Å². The van der Waals surface area contributed by atoms with Gasteiger partial charge in [0.15, 0.2) is 0 Å². The van der Waals surface area contributed by atoms with Crippen LogP contribution in [0.4, 0.5) is 0 Å². The van der Waals surface area contributed by atoms with Crippen LogP contribution in [0.3, 0.4) is 0 Å². The van der Waals surface area contributed by atoms with Gasteiger partial charge in [0.25, 0.3) is 0 Å². The third kappa shape index (κ3) is 3.04. The molecule has 0 amide bonds. The molecule has 1 aliphatic heterocycles. The van der Waals surface area contributed by atoms with E-state index < -0.39 is 0 Å². The molecule has 1 saturated heterocycles. The van der Waals surface area contributed by atoms with Crippen molar-refractivity contribution in [1.29, 1.82) is 0 Å². The highest BCUT2D eigenvalue weighted by Gasteiger charge is 2.26. The van der Waals surface area contributed by atoms with E-state index in [0.29, 0.717) is 11.7 Å². The van der Waals surface area contributed by atoms with E-state index in [1.165, 1.54) is 25.7 Å². The van der Waals surface area contributed by atoms with E-state index in [4.69, 9.17) is 0 Å². The van der Waals surface area contributed by atoms with Crippen molar-refractivity contribution < 1.29 is 4.79 Å². The Kier molecular flexibility index (Phi) is 3.79. The van der Waals surface area contributed by atoms with E-state index >= 15 is 0 Å². The van der Waals surface area contributed by atoms with Crippen LogP contribution in [-0.2, 0) is 4.79 Å². The van der Waals surface area contributed by atoms with E-state index in [2.05, 4.69) is 11.8 Å². The third-order valence-corrected chi connectivity index (χ3v) is 4.05. The summed E-state index contributed by atoms with van der Waals surface area (Å²) in [6.45, 7) is 5.34. The topological polar surface area (TPSA) is 20.3 Å². The Morgan fingerprint density at radius 3 is 2.33 bits per heavy atom. The van der Waals surface area contributed by atoms with Crippen LogP contribution >= 0.6 is 0 Å². The summed E-state index contributed by atoms with van der Waals surface area (Å²) in [5.41, 5.74) is 0. The number of carbonyl (C=O) groups is 1. The minimum absolute atomic E-state index is 0.391. The summed E-state index contributed by atoms with van der Waals surface area (Å²) < 4.78 is 0. The quantitative estimate of drug-likeness (QED) is 0.711. The lowest BCUT2D eigenvalue weighted by molar-refractivity contribution is -0.124. The van der Waals surface area contributed by atoms with Gasteiger partial charge < -0.3 is 0 Å². The highest BCUT2D eigenvalue weighted by atomic mass is 16.1. The van der Waals surface area contributed by atoms with Crippen LogP contribution in [0.1, 0.15) is 45.4 Å². The second-order valence-corrected chi connectivity index (χ2v) is 5.41. The van der Waals surface area contributed by atoms with E-state index in [1.807, 2.05) is 0 Å². The van der Waals surface area contributed by atoms with Gasteiger partial charge in [0.1, 0.15) is 5.78 Å². The molecule has 2 heteroatoms. The van der Waals surface area contributed by atoms with E-state index in [-0.39, 0.29) is 0 Å². The molecule has 2 rings (SSSR count). The number of carbonyl (C=O) groups excluding carboxylic acids is 1. The summed E-state index contributed by atoms with van der Waals surface area (Å²) in [5, 5.41) is 0. The monoisotopic (exact) mass is 209 g/mol. The van der Waals surface area contributed by atoms with Crippen molar-refractivity contribution in [2.24, 2.45) is 11.8 Å². The Morgan fingerprint density at radius 1 is 1.13 bits per heavy atom. The molecule has 15 heavy (non-hydrogen) atoms. The van der Waals surface area contributed by atoms with E-state index in [9.17, 15) is 4.79 Å². The van der Waals surface area contributed by atoms with Crippen molar-refractivity contribution in [3.8, 4) is 0 Å². The molecule has 2 aliphatic rings. The maximum absolute atomic E-state index is 12.0. The van der Waals surface area contributed by atoms with E-state index in [1.54, 1.807) is 0 Å². The largest absolute Gasteiger partial charge is 0.298 e. The van der Waals surface area contributed by atoms with Gasteiger partial charge in [-0.1, -0.05) is 19.8 Å². The Labute approximate surface area is 93.0 Å². The number of hydrogen-bond donors (Lipinski definition) is 0. The zero-order valence-corrected chi connectivity index (χ0v) is 9.87. The average molecular weight is 209 g/mol. The molecule has 0 radical (unpaired) electrons. The molecule has 0 N–H and O–H groups in total. The summed E-state index contributed by atoms with van der Waals surface area (Å²) in [4.78, 5) is 14.4. The number of ketones is 1. The van der Waals surface area contributed by atoms with Gasteiger partial charge in [0.2, 0.25) is 0 Å². The minimum Gasteiger partial charge on any atom is -0.298 e. The van der Waals surface area contributed by atoms with Gasteiger partial charge in [0.05, 0.1) is 6.54 Å². The van der Waals surface area contributed by atoms with Crippen LogP contribution in [0, 0.1) is 11.8 Å². The molecule has 0 atom stereocenters. The summed E-state index contributed by atoms with van der Waals surface area (Å²) in [6, 6.07) is 0. The highest BCUT2D eigenvalue weighted by molar-refractivity contribution is 5.83. The fourth-order valence-corrected chi connectivity index (χ4v) is 2.87. The zero-order chi connectivity index (χ0) is 10.7. The fraction of sp³-hybridized carbons (Fsp3) is 0.923. The molecule has 0 spiro atoms. The van der Waals surface area contributed by atoms with Crippen LogP contribution in [0.5, 0.6) is 0 Å². The molecule has 2 fully saturated rings. The molecule has 86 valence electrons. The van der Waals surface area contributed by atoms with Gasteiger partial charge in [0, 0.05) is 5.92 Å². The Morgan fingerprint density at radius 2 is 1.73 bits per heavy atom. The molecule has 0 unspecified atom stereocenters. The first-order valence-corrected chi connectivity index (χ1v) is 6.51. The SMILES string of the molecule is CC1CCC(C(=O)CN2CCCC2)CC1. The predicted octanol–water partition coefficient (Wildman–Crippen LogP) is 2.48. The molecular weight excluding hydrogens is 186 g/mol. The lowest BCUT2D eigenvalue weighted by Gasteiger charge is -2.26. The van der Waals surface area contributed by atoms with Crippen LogP contribution in [-0.4, -0.2) is 30.3 Å². The van der Waals surface area contributed by atoms with Gasteiger partial charge in [-0.25, -0.2) is 0 Å². The van der Waals surface area contributed by atoms with Gasteiger partial charge in [-0.2, -0.15) is 0 Å². The summed E-state index contributed by atoms with van der Waals surface area (Å²) in [6.07, 6.45) is 7.39. The normalized spacial score (nSPS) is 33.1. The van der Waals surface area contributed by atoms with Crippen molar-refractivity contribution in [3.63, 3.8) is 0 Å². The van der Waals surface area contributed by atoms with Crippen molar-refractivity contribution in [2.75, 3.05) is 19.6 Å². The fourth-order valence-electron chi connectivity index (χ4n) is 2.87. The number of Topliss-reactive ketones (excluding diaryl/α,β-unsaturated/α-hetero) is 1. The van der Waals surface area contributed by atoms with E-state index in [0.717, 1.165) is 38.4 Å². The second-order valence-electron chi connectivity index (χ2n) is 5.41. The standard InChI is InChI=1S/C13H23NO/c1-11-4-6-12(7-5-11)13(15)10-14-8-2-3-9-14/h11-12H,2-10H2,1H3. The summed E-state index contributed by atoms with van der Waals surface area (Å²) in [5.74, 6) is 1.76. The van der Waals surface area contributed by atoms with Crippen LogP contribution < -0.4 is 0 Å². The first-order chi connectivity index (χ1) is 7.25. The molecule has 2 nitrogen and oxygen atoms in total. The minimum atomic E-state index is 0.391. The second kappa shape index (κ2) is 5.11. The molecule has 1 saturated carbocycles. The molecule has 1 aliphatic carbocycles. The highest BCUT2D eigenvalue weighted by Crippen LogP contribution is 2.29. The maximum Gasteiger partial charge on any atom is 0.149 e. The van der Waals surface area contributed by atoms with Crippen LogP contribution in [0.25, 0.3) is 0 Å². The Balaban J connectivity index is 1.75. The molecule has 0 aromatic heterocycles. The Bertz CT molecular complexity index is 213.